The molecule has 5 rings (SSSR count). The third-order valence-electron chi connectivity index (χ3n) is 5.71. The maximum atomic E-state index is 10.7. The first kappa shape index (κ1) is 12.5. The van der Waals surface area contributed by atoms with Crippen LogP contribution in [0, 0.1) is 5.92 Å². The molecule has 1 aromatic heterocycles. The van der Waals surface area contributed by atoms with Crippen molar-refractivity contribution in [3.8, 4) is 0 Å². The summed E-state index contributed by atoms with van der Waals surface area (Å²) in [5, 5.41) is 12.8. The first-order chi connectivity index (χ1) is 10.2. The minimum Gasteiger partial charge on any atom is -0.373 e. The summed E-state index contributed by atoms with van der Waals surface area (Å²) in [5.41, 5.74) is 3.95. The Morgan fingerprint density at radius 2 is 2.14 bits per heavy atom. The molecule has 2 aromatic rings. The zero-order valence-corrected chi connectivity index (χ0v) is 12.7. The summed E-state index contributed by atoms with van der Waals surface area (Å²) in [6.45, 7) is 2.37. The highest BCUT2D eigenvalue weighted by atomic mass is 35.5. The number of benzene rings is 1. The highest BCUT2D eigenvalue weighted by Gasteiger charge is 2.44. The van der Waals surface area contributed by atoms with Crippen molar-refractivity contribution in [1.82, 2.24) is 9.47 Å². The quantitative estimate of drug-likeness (QED) is 0.807. The summed E-state index contributed by atoms with van der Waals surface area (Å²) in [6, 6.07) is 6.64. The van der Waals surface area contributed by atoms with Crippen LogP contribution < -0.4 is 0 Å². The van der Waals surface area contributed by atoms with Gasteiger partial charge in [-0.3, -0.25) is 4.90 Å². The van der Waals surface area contributed by atoms with Crippen molar-refractivity contribution in [2.75, 3.05) is 13.1 Å². The summed E-state index contributed by atoms with van der Waals surface area (Å²) in [5.74, 6) is 0.611. The van der Waals surface area contributed by atoms with Gasteiger partial charge in [0.15, 0.2) is 0 Å². The van der Waals surface area contributed by atoms with Gasteiger partial charge in [0.2, 0.25) is 0 Å². The number of rotatable bonds is 0. The van der Waals surface area contributed by atoms with E-state index in [9.17, 15) is 5.11 Å². The van der Waals surface area contributed by atoms with Gasteiger partial charge in [0.25, 0.3) is 0 Å². The number of fused-ring (bicyclic) bond motifs is 3. The Labute approximate surface area is 129 Å². The fraction of sp³-hybridized carbons (Fsp3) is 0.529. The van der Waals surface area contributed by atoms with Gasteiger partial charge >= 0.3 is 0 Å². The van der Waals surface area contributed by atoms with Gasteiger partial charge < -0.3 is 9.67 Å². The molecule has 4 heterocycles. The van der Waals surface area contributed by atoms with Crippen molar-refractivity contribution in [3.63, 3.8) is 0 Å². The summed E-state index contributed by atoms with van der Waals surface area (Å²) >= 11 is 6.20. The lowest BCUT2D eigenvalue weighted by molar-refractivity contribution is -0.0148. The van der Waals surface area contributed by atoms with Gasteiger partial charge in [0.05, 0.1) is 11.6 Å². The highest BCUT2D eigenvalue weighted by molar-refractivity contribution is 6.31. The molecular formula is C17H19ClN2O. The largest absolute Gasteiger partial charge is 0.373 e. The second kappa shape index (κ2) is 4.25. The van der Waals surface area contributed by atoms with Crippen molar-refractivity contribution in [2.45, 2.75) is 38.0 Å². The molecule has 1 saturated heterocycles. The van der Waals surface area contributed by atoms with Crippen molar-refractivity contribution in [3.05, 3.63) is 34.5 Å². The number of hydrogen-bond acceptors (Lipinski definition) is 2. The molecule has 3 nitrogen and oxygen atoms in total. The zero-order chi connectivity index (χ0) is 14.1. The van der Waals surface area contributed by atoms with E-state index >= 15 is 0 Å². The molecule has 0 amide bonds. The standard InChI is InChI=1S/C17H19ClN2O/c18-11-3-4-12-13-5-7-19-6-1-2-10-8-15(21)20(14(12)9-11)17(13)16(10)19/h3-4,9-10,15-16,21H,1-2,5-8H2/t10-,15?,16-/m1/s1. The molecule has 0 aliphatic carbocycles. The molecule has 110 valence electrons. The third-order valence-corrected chi connectivity index (χ3v) is 5.95. The summed E-state index contributed by atoms with van der Waals surface area (Å²) < 4.78 is 2.18. The first-order valence-corrected chi connectivity index (χ1v) is 8.36. The van der Waals surface area contributed by atoms with Crippen LogP contribution >= 0.6 is 11.6 Å². The number of nitrogens with zero attached hydrogens (tertiary/aromatic N) is 2. The number of aliphatic hydroxyl groups is 1. The van der Waals surface area contributed by atoms with Gasteiger partial charge in [-0.25, -0.2) is 0 Å². The van der Waals surface area contributed by atoms with Crippen LogP contribution in [0.1, 0.15) is 42.8 Å². The smallest absolute Gasteiger partial charge is 0.131 e. The van der Waals surface area contributed by atoms with Crippen molar-refractivity contribution in [2.24, 2.45) is 5.92 Å². The molecule has 0 bridgehead atoms. The van der Waals surface area contributed by atoms with Crippen LogP contribution in [-0.2, 0) is 6.42 Å². The Morgan fingerprint density at radius 1 is 1.24 bits per heavy atom. The maximum Gasteiger partial charge on any atom is 0.131 e. The Bertz CT molecular complexity index is 738. The normalized spacial score (nSPS) is 31.4. The Hall–Kier alpha value is -1.03. The monoisotopic (exact) mass is 302 g/mol. The number of halogens is 1. The van der Waals surface area contributed by atoms with E-state index in [1.54, 1.807) is 0 Å². The number of hydrogen-bond donors (Lipinski definition) is 1. The molecule has 0 saturated carbocycles. The predicted octanol–water partition coefficient (Wildman–Crippen LogP) is 3.50. The molecular weight excluding hydrogens is 284 g/mol. The van der Waals surface area contributed by atoms with Gasteiger partial charge in [-0.2, -0.15) is 0 Å². The van der Waals surface area contributed by atoms with E-state index in [-0.39, 0.29) is 0 Å². The Balaban J connectivity index is 1.85. The summed E-state index contributed by atoms with van der Waals surface area (Å²) in [4.78, 5) is 2.64. The average molecular weight is 303 g/mol. The van der Waals surface area contributed by atoms with Crippen LogP contribution in [-0.4, -0.2) is 27.7 Å². The fourth-order valence-electron chi connectivity index (χ4n) is 4.95. The minimum atomic E-state index is -0.394. The average Bonchev–Trinajstić information content (AvgIpc) is 2.81. The highest BCUT2D eigenvalue weighted by Crippen LogP contribution is 2.51. The minimum absolute atomic E-state index is 0.394. The van der Waals surface area contributed by atoms with Crippen molar-refractivity contribution in [1.29, 1.82) is 0 Å². The number of piperidine rings is 1. The van der Waals surface area contributed by atoms with E-state index in [4.69, 9.17) is 11.6 Å². The van der Waals surface area contributed by atoms with Crippen LogP contribution in [0.15, 0.2) is 18.2 Å². The van der Waals surface area contributed by atoms with E-state index < -0.39 is 6.23 Å². The van der Waals surface area contributed by atoms with Gasteiger partial charge in [0.1, 0.15) is 6.23 Å². The van der Waals surface area contributed by atoms with E-state index in [1.807, 2.05) is 12.1 Å². The van der Waals surface area contributed by atoms with Crippen molar-refractivity contribution >= 4 is 22.5 Å². The van der Waals surface area contributed by atoms with Crippen LogP contribution in [0.2, 0.25) is 5.02 Å². The zero-order valence-electron chi connectivity index (χ0n) is 11.9. The predicted molar refractivity (Wildman–Crippen MR) is 83.6 cm³/mol. The molecule has 1 unspecified atom stereocenters. The SMILES string of the molecule is OC1C[C@H]2CCCN3CCc4c(n1c1cc(Cl)ccc41)[C@@H]23. The lowest BCUT2D eigenvalue weighted by Crippen LogP contribution is -2.47. The van der Waals surface area contributed by atoms with Gasteiger partial charge in [-0.15, -0.1) is 0 Å². The van der Waals surface area contributed by atoms with Crippen LogP contribution in [0.25, 0.3) is 10.9 Å². The Morgan fingerprint density at radius 3 is 3.05 bits per heavy atom. The topological polar surface area (TPSA) is 28.4 Å². The van der Waals surface area contributed by atoms with E-state index in [0.717, 1.165) is 29.9 Å². The molecule has 3 aliphatic rings. The summed E-state index contributed by atoms with van der Waals surface area (Å²) in [7, 11) is 0. The lowest BCUT2D eigenvalue weighted by Gasteiger charge is -2.48. The number of aromatic nitrogens is 1. The molecule has 21 heavy (non-hydrogen) atoms. The molecule has 0 spiro atoms. The number of aliphatic hydroxyl groups excluding tert-OH is 1. The molecule has 0 radical (unpaired) electrons. The Kier molecular flexibility index (Phi) is 2.53. The second-order valence-electron chi connectivity index (χ2n) is 6.74. The van der Waals surface area contributed by atoms with Crippen molar-refractivity contribution < 1.29 is 5.11 Å². The van der Waals surface area contributed by atoms with Crippen LogP contribution in [0.4, 0.5) is 0 Å². The van der Waals surface area contributed by atoms with Crippen LogP contribution in [0.3, 0.4) is 0 Å². The molecule has 1 fully saturated rings. The maximum absolute atomic E-state index is 10.7. The van der Waals surface area contributed by atoms with E-state index in [0.29, 0.717) is 12.0 Å². The molecule has 1 N–H and O–H groups in total. The first-order valence-electron chi connectivity index (χ1n) is 7.98. The van der Waals surface area contributed by atoms with Gasteiger partial charge in [-0.1, -0.05) is 17.7 Å². The molecule has 4 heteroatoms. The second-order valence-corrected chi connectivity index (χ2v) is 7.18. The van der Waals surface area contributed by atoms with Crippen LogP contribution in [0.5, 0.6) is 0 Å². The lowest BCUT2D eigenvalue weighted by atomic mass is 9.78. The third kappa shape index (κ3) is 1.57. The molecule has 3 atom stereocenters. The van der Waals surface area contributed by atoms with E-state index in [2.05, 4.69) is 15.5 Å². The molecule has 3 aliphatic heterocycles. The van der Waals surface area contributed by atoms with Gasteiger partial charge in [0, 0.05) is 22.6 Å². The van der Waals surface area contributed by atoms with E-state index in [1.165, 1.54) is 36.0 Å². The molecule has 1 aromatic carbocycles. The fourth-order valence-corrected chi connectivity index (χ4v) is 5.12. The van der Waals surface area contributed by atoms with Gasteiger partial charge in [-0.05, 0) is 55.8 Å². The summed E-state index contributed by atoms with van der Waals surface area (Å²) in [6.07, 6.45) is 4.10.